The van der Waals surface area contributed by atoms with E-state index in [1.54, 1.807) is 0 Å². The smallest absolute Gasteiger partial charge is 0.00675 e. The van der Waals surface area contributed by atoms with Crippen LogP contribution in [0.5, 0.6) is 0 Å². The zero-order valence-corrected chi connectivity index (χ0v) is 19.8. The molecule has 4 aromatic rings. The first kappa shape index (κ1) is 21.1. The van der Waals surface area contributed by atoms with Crippen LogP contribution in [0, 0.1) is 0 Å². The maximum Gasteiger partial charge on any atom is -0.00675 e. The van der Waals surface area contributed by atoms with E-state index in [9.17, 15) is 0 Å². The summed E-state index contributed by atoms with van der Waals surface area (Å²) in [5, 5.41) is 8.64. The van der Waals surface area contributed by atoms with Gasteiger partial charge in [0.15, 0.2) is 0 Å². The largest absolute Gasteiger partial charge is 0.0836 e. The zero-order chi connectivity index (χ0) is 21.6. The number of hydrogen-bond acceptors (Lipinski definition) is 0. The van der Waals surface area contributed by atoms with Crippen molar-refractivity contribution < 1.29 is 0 Å². The van der Waals surface area contributed by atoms with E-state index in [0.29, 0.717) is 0 Å². The molecule has 0 heterocycles. The second-order valence-electron chi connectivity index (χ2n) is 7.77. The standard InChI is InChI=1S/C30H26P2/c1-5-15-25(16-6-1)31(26-17-7-2-8-18-26)29-23-13-14-24-30(29)32(27-19-9-3-10-20-27)28-21-11-4-12-22-28/h1-3,5-11,13-24H,4,12H2. The first-order chi connectivity index (χ1) is 15.9. The molecule has 0 nitrogen and oxygen atoms in total. The highest BCUT2D eigenvalue weighted by Gasteiger charge is 2.26. The molecule has 4 aromatic carbocycles. The molecule has 0 spiro atoms. The van der Waals surface area contributed by atoms with Gasteiger partial charge < -0.3 is 0 Å². The molecule has 1 aliphatic carbocycles. The lowest BCUT2D eigenvalue weighted by Gasteiger charge is -2.28. The predicted octanol–water partition coefficient (Wildman–Crippen LogP) is 6.11. The molecule has 0 amide bonds. The summed E-state index contributed by atoms with van der Waals surface area (Å²) in [4.78, 5) is 0. The fourth-order valence-corrected chi connectivity index (χ4v) is 9.56. The highest BCUT2D eigenvalue weighted by molar-refractivity contribution is 7.84. The van der Waals surface area contributed by atoms with Crippen LogP contribution in [-0.2, 0) is 0 Å². The molecule has 0 bridgehead atoms. The van der Waals surface area contributed by atoms with E-state index in [-0.39, 0.29) is 0 Å². The van der Waals surface area contributed by atoms with E-state index in [2.05, 4.69) is 133 Å². The Labute approximate surface area is 193 Å². The highest BCUT2D eigenvalue weighted by Crippen LogP contribution is 2.46. The van der Waals surface area contributed by atoms with E-state index in [1.807, 2.05) is 0 Å². The fraction of sp³-hybridized carbons (Fsp3) is 0.0667. The van der Waals surface area contributed by atoms with Crippen molar-refractivity contribution in [2.45, 2.75) is 12.8 Å². The minimum Gasteiger partial charge on any atom is -0.0836 e. The lowest BCUT2D eigenvalue weighted by atomic mass is 10.2. The summed E-state index contributed by atoms with van der Waals surface area (Å²) in [5.41, 5.74) is 0. The maximum absolute atomic E-state index is 2.46. The van der Waals surface area contributed by atoms with Crippen molar-refractivity contribution in [2.75, 3.05) is 0 Å². The van der Waals surface area contributed by atoms with Crippen molar-refractivity contribution >= 4 is 42.4 Å². The highest BCUT2D eigenvalue weighted by atomic mass is 31.1. The summed E-state index contributed by atoms with van der Waals surface area (Å²) in [6.45, 7) is 0. The summed E-state index contributed by atoms with van der Waals surface area (Å²) in [5.74, 6) is 0. The first-order valence-corrected chi connectivity index (χ1v) is 13.8. The van der Waals surface area contributed by atoms with Crippen molar-refractivity contribution in [2.24, 2.45) is 0 Å². The molecule has 1 aliphatic rings. The molecule has 0 aliphatic heterocycles. The third-order valence-corrected chi connectivity index (χ3v) is 10.9. The van der Waals surface area contributed by atoms with Gasteiger partial charge in [0.05, 0.1) is 0 Å². The summed E-state index contributed by atoms with van der Waals surface area (Å²) in [7, 11) is -1.26. The van der Waals surface area contributed by atoms with Crippen LogP contribution in [0.2, 0.25) is 0 Å². The van der Waals surface area contributed by atoms with Crippen LogP contribution in [0.4, 0.5) is 0 Å². The Kier molecular flexibility index (Phi) is 6.74. The quantitative estimate of drug-likeness (QED) is 0.312. The molecule has 0 N–H and O–H groups in total. The molecule has 5 rings (SSSR count). The minimum atomic E-state index is -0.646. The van der Waals surface area contributed by atoms with Crippen molar-refractivity contribution in [3.8, 4) is 0 Å². The predicted molar refractivity (Wildman–Crippen MR) is 144 cm³/mol. The van der Waals surface area contributed by atoms with Crippen LogP contribution in [0.25, 0.3) is 0 Å². The van der Waals surface area contributed by atoms with Crippen LogP contribution in [0.15, 0.2) is 139 Å². The Balaban J connectivity index is 1.72. The molecule has 0 radical (unpaired) electrons. The molecule has 156 valence electrons. The Hall–Kier alpha value is -2.78. The van der Waals surface area contributed by atoms with Crippen molar-refractivity contribution in [1.82, 2.24) is 0 Å². The number of benzene rings is 4. The average molecular weight is 448 g/mol. The van der Waals surface area contributed by atoms with Crippen LogP contribution in [-0.4, -0.2) is 0 Å². The van der Waals surface area contributed by atoms with Crippen molar-refractivity contribution in [3.05, 3.63) is 139 Å². The van der Waals surface area contributed by atoms with Gasteiger partial charge in [0.1, 0.15) is 0 Å². The Bertz CT molecular complexity index is 1170. The maximum atomic E-state index is 2.46. The van der Waals surface area contributed by atoms with Gasteiger partial charge in [0.25, 0.3) is 0 Å². The van der Waals surface area contributed by atoms with Crippen molar-refractivity contribution in [1.29, 1.82) is 0 Å². The topological polar surface area (TPSA) is 0 Å². The molecule has 0 saturated carbocycles. The summed E-state index contributed by atoms with van der Waals surface area (Å²) >= 11 is 0. The Morgan fingerprint density at radius 3 is 1.34 bits per heavy atom. The van der Waals surface area contributed by atoms with Gasteiger partial charge >= 0.3 is 0 Å². The zero-order valence-electron chi connectivity index (χ0n) is 18.0. The van der Waals surface area contributed by atoms with E-state index < -0.39 is 15.8 Å². The third-order valence-electron chi connectivity index (χ3n) is 5.64. The van der Waals surface area contributed by atoms with Gasteiger partial charge in [-0.1, -0.05) is 133 Å². The SMILES string of the molecule is C1=CC(P(c2ccccc2)c2ccccc2P(c2ccccc2)c2ccccc2)=CCC1. The summed E-state index contributed by atoms with van der Waals surface area (Å²) in [6, 6.07) is 42.3. The van der Waals surface area contributed by atoms with Gasteiger partial charge in [-0.05, 0) is 60.5 Å². The average Bonchev–Trinajstić information content (AvgIpc) is 2.88. The molecule has 0 fully saturated rings. The molecule has 0 saturated heterocycles. The normalized spacial score (nSPS) is 14.2. The molecule has 0 aromatic heterocycles. The lowest BCUT2D eigenvalue weighted by molar-refractivity contribution is 1.03. The molecule has 1 unspecified atom stereocenters. The van der Waals surface area contributed by atoms with Gasteiger partial charge in [0, 0.05) is 0 Å². The summed E-state index contributed by atoms with van der Waals surface area (Å²) < 4.78 is 0. The van der Waals surface area contributed by atoms with Gasteiger partial charge in [0.2, 0.25) is 0 Å². The second-order valence-corrected chi connectivity index (χ2v) is 12.1. The number of rotatable bonds is 6. The van der Waals surface area contributed by atoms with E-state index in [0.717, 1.165) is 12.8 Å². The molecular weight excluding hydrogens is 422 g/mol. The molecule has 2 heteroatoms. The first-order valence-electron chi connectivity index (χ1n) is 11.1. The van der Waals surface area contributed by atoms with Gasteiger partial charge in [-0.3, -0.25) is 0 Å². The van der Waals surface area contributed by atoms with Crippen LogP contribution in [0.3, 0.4) is 0 Å². The van der Waals surface area contributed by atoms with E-state index in [4.69, 9.17) is 0 Å². The van der Waals surface area contributed by atoms with Crippen LogP contribution < -0.4 is 26.5 Å². The van der Waals surface area contributed by atoms with Gasteiger partial charge in [-0.2, -0.15) is 0 Å². The Morgan fingerprint density at radius 1 is 0.438 bits per heavy atom. The van der Waals surface area contributed by atoms with E-state index in [1.165, 1.54) is 31.8 Å². The minimum absolute atomic E-state index is 0.613. The molecule has 32 heavy (non-hydrogen) atoms. The molecule has 1 atom stereocenters. The second kappa shape index (κ2) is 10.2. The third kappa shape index (κ3) is 4.54. The number of allylic oxidation sites excluding steroid dienone is 4. The van der Waals surface area contributed by atoms with Crippen LogP contribution >= 0.6 is 15.8 Å². The van der Waals surface area contributed by atoms with Gasteiger partial charge in [-0.25, -0.2) is 0 Å². The van der Waals surface area contributed by atoms with Crippen molar-refractivity contribution in [3.63, 3.8) is 0 Å². The monoisotopic (exact) mass is 448 g/mol. The van der Waals surface area contributed by atoms with E-state index >= 15 is 0 Å². The lowest BCUT2D eigenvalue weighted by Crippen LogP contribution is -2.32. The summed E-state index contributed by atoms with van der Waals surface area (Å²) in [6.07, 6.45) is 9.44. The molecular formula is C30H26P2. The fourth-order valence-electron chi connectivity index (χ4n) is 4.19. The van der Waals surface area contributed by atoms with Gasteiger partial charge in [-0.15, -0.1) is 0 Å². The number of hydrogen-bond donors (Lipinski definition) is 0. The Morgan fingerprint density at radius 2 is 0.875 bits per heavy atom. The van der Waals surface area contributed by atoms with Crippen LogP contribution in [0.1, 0.15) is 12.8 Å².